The lowest BCUT2D eigenvalue weighted by Crippen LogP contribution is -2.13. The maximum absolute atomic E-state index is 4.47. The third-order valence-corrected chi connectivity index (χ3v) is 4.03. The van der Waals surface area contributed by atoms with Crippen LogP contribution in [0.5, 0.6) is 0 Å². The fourth-order valence-electron chi connectivity index (χ4n) is 2.55. The molecule has 2 aromatic heterocycles. The number of hydrogen-bond donors (Lipinski definition) is 1. The Balaban J connectivity index is 1.96. The molecule has 2 heterocycles. The molecule has 0 bridgehead atoms. The molecule has 0 aliphatic carbocycles. The fraction of sp³-hybridized carbons (Fsp3) is 0.235. The van der Waals surface area contributed by atoms with Crippen molar-refractivity contribution >= 4 is 26.8 Å². The Labute approximate surface area is 133 Å². The molecule has 3 rings (SSSR count). The molecule has 108 valence electrons. The summed E-state index contributed by atoms with van der Waals surface area (Å²) in [5.41, 5.74) is 3.69. The second-order valence-electron chi connectivity index (χ2n) is 5.05. The zero-order valence-electron chi connectivity index (χ0n) is 12.0. The van der Waals surface area contributed by atoms with Crippen molar-refractivity contribution in [3.05, 3.63) is 64.5 Å². The molecule has 21 heavy (non-hydrogen) atoms. The highest BCUT2D eigenvalue weighted by molar-refractivity contribution is 9.10. The minimum Gasteiger partial charge on any atom is -0.341 e. The molecule has 0 spiro atoms. The Morgan fingerprint density at radius 3 is 2.86 bits per heavy atom. The number of nitrogens with zero attached hydrogens (tertiary/aromatic N) is 2. The van der Waals surface area contributed by atoms with Gasteiger partial charge >= 0.3 is 0 Å². The van der Waals surface area contributed by atoms with Crippen molar-refractivity contribution < 1.29 is 0 Å². The highest BCUT2D eigenvalue weighted by Gasteiger charge is 2.07. The van der Waals surface area contributed by atoms with Gasteiger partial charge in [-0.2, -0.15) is 0 Å². The number of hydrogen-bond acceptors (Lipinski definition) is 2. The Morgan fingerprint density at radius 2 is 2.10 bits per heavy atom. The topological polar surface area (TPSA) is 29.9 Å². The molecule has 0 aliphatic rings. The van der Waals surface area contributed by atoms with Crippen LogP contribution in [-0.2, 0) is 13.1 Å². The number of fused-ring (bicyclic) bond motifs is 1. The number of pyridine rings is 1. The Kier molecular flexibility index (Phi) is 4.36. The first-order valence-electron chi connectivity index (χ1n) is 7.16. The van der Waals surface area contributed by atoms with Gasteiger partial charge in [0.05, 0.1) is 17.8 Å². The van der Waals surface area contributed by atoms with Crippen LogP contribution in [0.2, 0.25) is 0 Å². The zero-order valence-corrected chi connectivity index (χ0v) is 13.6. The van der Waals surface area contributed by atoms with E-state index in [1.807, 2.05) is 12.3 Å². The first-order valence-corrected chi connectivity index (χ1v) is 7.95. The summed E-state index contributed by atoms with van der Waals surface area (Å²) in [6.07, 6.45) is 3.99. The molecule has 0 radical (unpaired) electrons. The molecule has 0 saturated heterocycles. The van der Waals surface area contributed by atoms with Crippen LogP contribution in [0.15, 0.2) is 53.3 Å². The molecule has 0 unspecified atom stereocenters. The van der Waals surface area contributed by atoms with Gasteiger partial charge in [-0.15, -0.1) is 0 Å². The normalized spacial score (nSPS) is 11.1. The van der Waals surface area contributed by atoms with E-state index in [-0.39, 0.29) is 0 Å². The van der Waals surface area contributed by atoms with Crippen molar-refractivity contribution in [2.45, 2.75) is 20.0 Å². The van der Waals surface area contributed by atoms with E-state index in [2.05, 4.69) is 74.3 Å². The first-order chi connectivity index (χ1) is 10.3. The van der Waals surface area contributed by atoms with E-state index in [9.17, 15) is 0 Å². The van der Waals surface area contributed by atoms with E-state index in [4.69, 9.17) is 0 Å². The van der Waals surface area contributed by atoms with Crippen molar-refractivity contribution in [3.8, 4) is 0 Å². The summed E-state index contributed by atoms with van der Waals surface area (Å²) in [6.45, 7) is 4.79. The summed E-state index contributed by atoms with van der Waals surface area (Å²) in [4.78, 5) is 4.47. The van der Waals surface area contributed by atoms with Crippen LogP contribution in [-0.4, -0.2) is 16.1 Å². The third-order valence-electron chi connectivity index (χ3n) is 3.56. The molecule has 0 amide bonds. The fourth-order valence-corrected chi connectivity index (χ4v) is 2.78. The van der Waals surface area contributed by atoms with Crippen LogP contribution < -0.4 is 5.32 Å². The van der Waals surface area contributed by atoms with Crippen molar-refractivity contribution in [1.82, 2.24) is 14.9 Å². The number of halogens is 1. The summed E-state index contributed by atoms with van der Waals surface area (Å²) in [5, 5.41) is 4.69. The van der Waals surface area contributed by atoms with Gasteiger partial charge in [0.1, 0.15) is 0 Å². The SMILES string of the molecule is CCNCc1cccc2ccn(Cc3ccc(Br)cn3)c12. The molecule has 1 aromatic carbocycles. The van der Waals surface area contributed by atoms with E-state index < -0.39 is 0 Å². The largest absolute Gasteiger partial charge is 0.341 e. The van der Waals surface area contributed by atoms with E-state index in [1.54, 1.807) is 0 Å². The van der Waals surface area contributed by atoms with Gasteiger partial charge in [0.15, 0.2) is 0 Å². The summed E-state index contributed by atoms with van der Waals surface area (Å²) >= 11 is 3.43. The lowest BCUT2D eigenvalue weighted by Gasteiger charge is -2.10. The van der Waals surface area contributed by atoms with Gasteiger partial charge in [-0.3, -0.25) is 4.98 Å². The standard InChI is InChI=1S/C17H18BrN3/c1-2-19-10-14-5-3-4-13-8-9-21(17(13)14)12-16-7-6-15(18)11-20-16/h3-9,11,19H,2,10,12H2,1H3. The van der Waals surface area contributed by atoms with Crippen LogP contribution >= 0.6 is 15.9 Å². The van der Waals surface area contributed by atoms with Gasteiger partial charge in [-0.1, -0.05) is 25.1 Å². The van der Waals surface area contributed by atoms with Crippen LogP contribution in [0.4, 0.5) is 0 Å². The average molecular weight is 344 g/mol. The summed E-state index contributed by atoms with van der Waals surface area (Å²) in [5.74, 6) is 0. The molecule has 0 atom stereocenters. The first kappa shape index (κ1) is 14.3. The molecule has 0 fully saturated rings. The molecule has 1 N–H and O–H groups in total. The van der Waals surface area contributed by atoms with Crippen molar-refractivity contribution in [3.63, 3.8) is 0 Å². The molecule has 4 heteroatoms. The van der Waals surface area contributed by atoms with Gasteiger partial charge in [-0.05, 0) is 51.6 Å². The highest BCUT2D eigenvalue weighted by atomic mass is 79.9. The average Bonchev–Trinajstić information content (AvgIpc) is 2.91. The van der Waals surface area contributed by atoms with Gasteiger partial charge < -0.3 is 9.88 Å². The second kappa shape index (κ2) is 6.41. The number of para-hydroxylation sites is 1. The Morgan fingerprint density at radius 1 is 1.19 bits per heavy atom. The van der Waals surface area contributed by atoms with Gasteiger partial charge in [-0.25, -0.2) is 0 Å². The van der Waals surface area contributed by atoms with Crippen LogP contribution in [0, 0.1) is 0 Å². The lowest BCUT2D eigenvalue weighted by molar-refractivity contribution is 0.722. The van der Waals surface area contributed by atoms with Gasteiger partial charge in [0, 0.05) is 23.4 Å². The number of rotatable bonds is 5. The monoisotopic (exact) mass is 343 g/mol. The summed E-state index contributed by atoms with van der Waals surface area (Å²) in [6, 6.07) is 12.7. The number of nitrogens with one attached hydrogen (secondary N) is 1. The lowest BCUT2D eigenvalue weighted by atomic mass is 10.1. The molecule has 3 nitrogen and oxygen atoms in total. The molecule has 3 aromatic rings. The number of benzene rings is 1. The van der Waals surface area contributed by atoms with E-state index >= 15 is 0 Å². The van der Waals surface area contributed by atoms with Gasteiger partial charge in [0.25, 0.3) is 0 Å². The minimum absolute atomic E-state index is 0.792. The quantitative estimate of drug-likeness (QED) is 0.759. The maximum Gasteiger partial charge on any atom is 0.0648 e. The molecule has 0 aliphatic heterocycles. The van der Waals surface area contributed by atoms with E-state index in [0.717, 1.165) is 29.8 Å². The predicted molar refractivity (Wildman–Crippen MR) is 90.4 cm³/mol. The van der Waals surface area contributed by atoms with E-state index in [1.165, 1.54) is 16.5 Å². The summed E-state index contributed by atoms with van der Waals surface area (Å²) < 4.78 is 3.29. The van der Waals surface area contributed by atoms with Crippen molar-refractivity contribution in [2.75, 3.05) is 6.54 Å². The predicted octanol–water partition coefficient (Wildman–Crippen LogP) is 3.96. The van der Waals surface area contributed by atoms with Crippen LogP contribution in [0.3, 0.4) is 0 Å². The maximum atomic E-state index is 4.47. The minimum atomic E-state index is 0.792. The summed E-state index contributed by atoms with van der Waals surface area (Å²) in [7, 11) is 0. The van der Waals surface area contributed by atoms with E-state index in [0.29, 0.717) is 0 Å². The van der Waals surface area contributed by atoms with Gasteiger partial charge in [0.2, 0.25) is 0 Å². The van der Waals surface area contributed by atoms with Crippen LogP contribution in [0.1, 0.15) is 18.2 Å². The molecular weight excluding hydrogens is 326 g/mol. The van der Waals surface area contributed by atoms with Crippen molar-refractivity contribution in [1.29, 1.82) is 0 Å². The Bertz CT molecular complexity index is 731. The number of aromatic nitrogens is 2. The Hall–Kier alpha value is -1.65. The second-order valence-corrected chi connectivity index (χ2v) is 5.96. The smallest absolute Gasteiger partial charge is 0.0648 e. The van der Waals surface area contributed by atoms with Crippen LogP contribution in [0.25, 0.3) is 10.9 Å². The molecule has 0 saturated carbocycles. The highest BCUT2D eigenvalue weighted by Crippen LogP contribution is 2.21. The zero-order chi connectivity index (χ0) is 14.7. The third kappa shape index (κ3) is 3.17. The molecular formula is C17H18BrN3. The van der Waals surface area contributed by atoms with Crippen molar-refractivity contribution in [2.24, 2.45) is 0 Å².